The molecule has 1 atom stereocenters. The molecule has 3 rings (SSSR count). The van der Waals surface area contributed by atoms with Crippen molar-refractivity contribution in [1.82, 2.24) is 10.2 Å². The fourth-order valence-electron chi connectivity index (χ4n) is 3.87. The number of hydrogen-bond acceptors (Lipinski definition) is 2. The number of nitrogens with zero attached hydrogens (tertiary/aromatic N) is 2. The Kier molecular flexibility index (Phi) is 5.80. The number of halogens is 8. The van der Waals surface area contributed by atoms with Crippen LogP contribution in [0.4, 0.5) is 45.6 Å². The second kappa shape index (κ2) is 7.77. The van der Waals surface area contributed by atoms with E-state index in [1.54, 1.807) is 4.90 Å². The molecular formula is C18H19F8N3O. The molecule has 4 nitrogen and oxygen atoms in total. The zero-order valence-electron chi connectivity index (χ0n) is 15.6. The van der Waals surface area contributed by atoms with Crippen molar-refractivity contribution in [3.05, 3.63) is 29.8 Å². The van der Waals surface area contributed by atoms with Crippen LogP contribution >= 0.6 is 0 Å². The van der Waals surface area contributed by atoms with Gasteiger partial charge in [0.15, 0.2) is 17.0 Å². The van der Waals surface area contributed by atoms with Crippen LogP contribution in [0.1, 0.15) is 12.8 Å². The molecular weight excluding hydrogens is 426 g/mol. The van der Waals surface area contributed by atoms with Gasteiger partial charge in [0.2, 0.25) is 0 Å². The Morgan fingerprint density at radius 1 is 1.07 bits per heavy atom. The maximum Gasteiger partial charge on any atom is 0.404 e. The Morgan fingerprint density at radius 2 is 1.73 bits per heavy atom. The molecule has 0 radical (unpaired) electrons. The molecule has 168 valence electrons. The zero-order chi connectivity index (χ0) is 22.3. The molecule has 2 aliphatic heterocycles. The molecule has 0 saturated carbocycles. The van der Waals surface area contributed by atoms with Crippen molar-refractivity contribution >= 4 is 11.7 Å². The van der Waals surface area contributed by atoms with Crippen LogP contribution in [0.3, 0.4) is 0 Å². The molecule has 0 spiro atoms. The first-order valence-corrected chi connectivity index (χ1v) is 9.20. The van der Waals surface area contributed by atoms with Gasteiger partial charge in [-0.2, -0.15) is 26.3 Å². The van der Waals surface area contributed by atoms with E-state index in [0.29, 0.717) is 30.1 Å². The summed E-state index contributed by atoms with van der Waals surface area (Å²) in [6.45, 7) is -1.23. The molecule has 1 N–H and O–H groups in total. The van der Waals surface area contributed by atoms with Crippen LogP contribution in [-0.4, -0.2) is 56.0 Å². The predicted molar refractivity (Wildman–Crippen MR) is 90.8 cm³/mol. The van der Waals surface area contributed by atoms with E-state index in [0.717, 1.165) is 12.1 Å². The normalized spacial score (nSPS) is 21.9. The van der Waals surface area contributed by atoms with Gasteiger partial charge >= 0.3 is 18.4 Å². The summed E-state index contributed by atoms with van der Waals surface area (Å²) >= 11 is 0. The van der Waals surface area contributed by atoms with Crippen molar-refractivity contribution in [1.29, 1.82) is 0 Å². The van der Waals surface area contributed by atoms with Gasteiger partial charge in [0, 0.05) is 44.5 Å². The first-order chi connectivity index (χ1) is 13.8. The molecule has 1 unspecified atom stereocenters. The molecule has 0 aliphatic carbocycles. The van der Waals surface area contributed by atoms with Gasteiger partial charge in [0.05, 0.1) is 0 Å². The van der Waals surface area contributed by atoms with Gasteiger partial charge in [0.25, 0.3) is 0 Å². The highest BCUT2D eigenvalue weighted by atomic mass is 19.4. The summed E-state index contributed by atoms with van der Waals surface area (Å²) in [5.74, 6) is -2.13. The van der Waals surface area contributed by atoms with Crippen LogP contribution < -0.4 is 10.2 Å². The van der Waals surface area contributed by atoms with Gasteiger partial charge in [-0.25, -0.2) is 13.6 Å². The average molecular weight is 445 g/mol. The molecule has 0 bridgehead atoms. The highest BCUT2D eigenvalue weighted by Crippen LogP contribution is 2.55. The quantitative estimate of drug-likeness (QED) is 0.704. The highest BCUT2D eigenvalue weighted by molar-refractivity contribution is 5.74. The third kappa shape index (κ3) is 4.13. The smallest absolute Gasteiger partial charge is 0.371 e. The third-order valence-electron chi connectivity index (χ3n) is 5.74. The molecule has 2 fully saturated rings. The van der Waals surface area contributed by atoms with E-state index in [1.165, 1.54) is 6.07 Å². The maximum atomic E-state index is 13.4. The standard InChI is InChI=1S/C18H19F8N3O/c19-13-2-1-12(7-14(13)20)28-5-3-11(9-28)8-27-15(30)29-6-4-16(10-29,17(21,22)23)18(24,25)26/h1-2,7,11H,3-6,8-10H2,(H,27,30). The van der Waals surface area contributed by atoms with E-state index < -0.39 is 54.9 Å². The van der Waals surface area contributed by atoms with E-state index in [9.17, 15) is 39.9 Å². The lowest BCUT2D eigenvalue weighted by Crippen LogP contribution is -2.53. The molecule has 30 heavy (non-hydrogen) atoms. The minimum absolute atomic E-state index is 0.0422. The van der Waals surface area contributed by atoms with E-state index in [-0.39, 0.29) is 12.5 Å². The van der Waals surface area contributed by atoms with Gasteiger partial charge in [-0.15, -0.1) is 0 Å². The van der Waals surface area contributed by atoms with Crippen molar-refractivity contribution in [2.45, 2.75) is 25.2 Å². The van der Waals surface area contributed by atoms with E-state index in [1.807, 2.05) is 0 Å². The lowest BCUT2D eigenvalue weighted by atomic mass is 9.85. The molecule has 2 heterocycles. The summed E-state index contributed by atoms with van der Waals surface area (Å²) in [5.41, 5.74) is -3.48. The number of rotatable bonds is 3. The fourth-order valence-corrected chi connectivity index (χ4v) is 3.87. The van der Waals surface area contributed by atoms with Crippen LogP contribution in [0.25, 0.3) is 0 Å². The number of carbonyl (C=O) groups is 1. The number of carbonyl (C=O) groups excluding carboxylic acids is 1. The van der Waals surface area contributed by atoms with Crippen LogP contribution in [-0.2, 0) is 0 Å². The fraction of sp³-hybridized carbons (Fsp3) is 0.611. The maximum absolute atomic E-state index is 13.4. The first-order valence-electron chi connectivity index (χ1n) is 9.20. The molecule has 2 saturated heterocycles. The second-order valence-electron chi connectivity index (χ2n) is 7.63. The van der Waals surface area contributed by atoms with Gasteiger partial charge in [-0.3, -0.25) is 0 Å². The van der Waals surface area contributed by atoms with E-state index in [2.05, 4.69) is 5.32 Å². The Hall–Kier alpha value is -2.27. The number of nitrogens with one attached hydrogen (secondary N) is 1. The highest BCUT2D eigenvalue weighted by Gasteiger charge is 2.72. The molecule has 12 heteroatoms. The van der Waals surface area contributed by atoms with Crippen molar-refractivity contribution in [2.24, 2.45) is 11.3 Å². The zero-order valence-corrected chi connectivity index (χ0v) is 15.6. The Labute approximate surface area is 166 Å². The topological polar surface area (TPSA) is 35.6 Å². The lowest BCUT2D eigenvalue weighted by molar-refractivity contribution is -0.334. The van der Waals surface area contributed by atoms with Crippen molar-refractivity contribution in [3.63, 3.8) is 0 Å². The van der Waals surface area contributed by atoms with Crippen molar-refractivity contribution in [2.75, 3.05) is 37.6 Å². The summed E-state index contributed by atoms with van der Waals surface area (Å²) < 4.78 is 105. The van der Waals surface area contributed by atoms with Crippen molar-refractivity contribution < 1.29 is 39.9 Å². The number of urea groups is 1. The SMILES string of the molecule is O=C(NCC1CCN(c2ccc(F)c(F)c2)C1)N1CCC(C(F)(F)F)(C(F)(F)F)C1. The summed E-state index contributed by atoms with van der Waals surface area (Å²) in [5, 5.41) is 2.39. The van der Waals surface area contributed by atoms with Crippen LogP contribution in [0.5, 0.6) is 0 Å². The van der Waals surface area contributed by atoms with Crippen LogP contribution in [0.2, 0.25) is 0 Å². The third-order valence-corrected chi connectivity index (χ3v) is 5.74. The van der Waals surface area contributed by atoms with Crippen LogP contribution in [0, 0.1) is 23.0 Å². The molecule has 1 aromatic rings. The molecule has 2 aliphatic rings. The van der Waals surface area contributed by atoms with Crippen LogP contribution in [0.15, 0.2) is 18.2 Å². The molecule has 1 aromatic carbocycles. The number of likely N-dealkylation sites (tertiary alicyclic amines) is 1. The Morgan fingerprint density at radius 3 is 2.30 bits per heavy atom. The summed E-state index contributed by atoms with van der Waals surface area (Å²) in [6.07, 6.45) is -11.7. The van der Waals surface area contributed by atoms with Gasteiger partial charge < -0.3 is 15.1 Å². The van der Waals surface area contributed by atoms with Gasteiger partial charge in [0.1, 0.15) is 0 Å². The second-order valence-corrected chi connectivity index (χ2v) is 7.63. The van der Waals surface area contributed by atoms with Crippen molar-refractivity contribution in [3.8, 4) is 0 Å². The van der Waals surface area contributed by atoms with Gasteiger partial charge in [-0.1, -0.05) is 0 Å². The predicted octanol–water partition coefficient (Wildman–Crippen LogP) is 4.32. The number of amides is 2. The van der Waals surface area contributed by atoms with E-state index in [4.69, 9.17) is 0 Å². The number of anilines is 1. The number of alkyl halides is 6. The first kappa shape index (κ1) is 22.4. The summed E-state index contributed by atoms with van der Waals surface area (Å²) in [4.78, 5) is 14.4. The largest absolute Gasteiger partial charge is 0.404 e. The summed E-state index contributed by atoms with van der Waals surface area (Å²) in [6, 6.07) is 2.43. The average Bonchev–Trinajstić information content (AvgIpc) is 3.29. The minimum atomic E-state index is -5.52. The van der Waals surface area contributed by atoms with E-state index >= 15 is 0 Å². The Balaban J connectivity index is 1.55. The minimum Gasteiger partial charge on any atom is -0.371 e. The number of hydrogen-bond donors (Lipinski definition) is 1. The molecule has 0 aromatic heterocycles. The molecule has 2 amide bonds. The summed E-state index contributed by atoms with van der Waals surface area (Å²) in [7, 11) is 0. The van der Waals surface area contributed by atoms with Gasteiger partial charge in [-0.05, 0) is 30.9 Å². The number of benzene rings is 1. The Bertz CT molecular complexity index is 781. The monoisotopic (exact) mass is 445 g/mol. The lowest BCUT2D eigenvalue weighted by Gasteiger charge is -2.33.